The Labute approximate surface area is 174 Å². The molecule has 0 spiro atoms. The summed E-state index contributed by atoms with van der Waals surface area (Å²) in [6, 6.07) is 9.58. The van der Waals surface area contributed by atoms with Gasteiger partial charge in [0.1, 0.15) is 16.0 Å². The van der Waals surface area contributed by atoms with E-state index < -0.39 is 5.82 Å². The molecule has 1 fully saturated rings. The molecule has 1 heterocycles. The second-order valence-corrected chi connectivity index (χ2v) is 7.89. The number of hydrogen-bond donors (Lipinski definition) is 1. The first-order valence-electron chi connectivity index (χ1n) is 8.09. The fourth-order valence-corrected chi connectivity index (χ4v) is 3.90. The van der Waals surface area contributed by atoms with Gasteiger partial charge in [0.25, 0.3) is 5.91 Å². The number of hydrogen-bond acceptors (Lipinski definition) is 4. The number of thioether (sulfide) groups is 1. The molecule has 1 N–H and O–H groups in total. The van der Waals surface area contributed by atoms with Crippen molar-refractivity contribution in [3.8, 4) is 0 Å². The van der Waals surface area contributed by atoms with Gasteiger partial charge in [-0.25, -0.2) is 8.78 Å². The molecule has 0 unspecified atom stereocenters. The van der Waals surface area contributed by atoms with E-state index in [0.717, 1.165) is 17.8 Å². The van der Waals surface area contributed by atoms with E-state index in [1.165, 1.54) is 29.2 Å². The molecule has 3 rings (SSSR count). The van der Waals surface area contributed by atoms with Crippen LogP contribution in [0.4, 0.5) is 14.5 Å². The molecule has 1 aliphatic heterocycles. The third-order valence-corrected chi connectivity index (χ3v) is 5.47. The molecule has 2 aromatic carbocycles. The predicted octanol–water partition coefficient (Wildman–Crippen LogP) is 4.85. The van der Waals surface area contributed by atoms with Crippen LogP contribution in [0, 0.1) is 11.6 Å². The van der Waals surface area contributed by atoms with Crippen molar-refractivity contribution in [2.75, 3.05) is 11.9 Å². The fourth-order valence-electron chi connectivity index (χ4n) is 2.41. The van der Waals surface area contributed by atoms with Crippen molar-refractivity contribution >= 4 is 63.5 Å². The van der Waals surface area contributed by atoms with E-state index in [-0.39, 0.29) is 35.6 Å². The molecular formula is C19H13ClF2N2O2S2. The van der Waals surface area contributed by atoms with Crippen molar-refractivity contribution in [3.05, 3.63) is 69.6 Å². The van der Waals surface area contributed by atoms with Crippen LogP contribution < -0.4 is 5.32 Å². The Kier molecular flexibility index (Phi) is 6.43. The molecule has 9 heteroatoms. The lowest BCUT2D eigenvalue weighted by molar-refractivity contribution is -0.122. The third kappa shape index (κ3) is 4.95. The Bertz CT molecular complexity index is 980. The Morgan fingerprint density at radius 2 is 1.93 bits per heavy atom. The van der Waals surface area contributed by atoms with Gasteiger partial charge in [0.05, 0.1) is 9.93 Å². The third-order valence-electron chi connectivity index (χ3n) is 3.81. The molecule has 2 aromatic rings. The van der Waals surface area contributed by atoms with E-state index >= 15 is 0 Å². The highest BCUT2D eigenvalue weighted by molar-refractivity contribution is 8.26. The van der Waals surface area contributed by atoms with Crippen LogP contribution in [0.5, 0.6) is 0 Å². The van der Waals surface area contributed by atoms with Gasteiger partial charge in [-0.2, -0.15) is 0 Å². The molecular weight excluding hydrogens is 426 g/mol. The number of benzene rings is 2. The van der Waals surface area contributed by atoms with Crippen molar-refractivity contribution in [2.24, 2.45) is 0 Å². The summed E-state index contributed by atoms with van der Waals surface area (Å²) in [6.07, 6.45) is 1.63. The largest absolute Gasteiger partial charge is 0.326 e. The highest BCUT2D eigenvalue weighted by Gasteiger charge is 2.32. The fraction of sp³-hybridized carbons (Fsp3) is 0.105. The summed E-state index contributed by atoms with van der Waals surface area (Å²) >= 11 is 12.0. The number of carbonyl (C=O) groups is 2. The molecule has 28 heavy (non-hydrogen) atoms. The molecule has 0 bridgehead atoms. The lowest BCUT2D eigenvalue weighted by atomic mass is 10.2. The van der Waals surface area contributed by atoms with Crippen LogP contribution in [0.2, 0.25) is 5.02 Å². The molecule has 4 nitrogen and oxygen atoms in total. The Balaban J connectivity index is 1.60. The summed E-state index contributed by atoms with van der Waals surface area (Å²) < 4.78 is 26.5. The standard InChI is InChI=1S/C19H13ClF2N2O2S2/c20-14-10-13(5-6-15(14)22)23-17(25)7-8-24-18(26)16(28-19(24)27)9-11-1-3-12(21)4-2-11/h1-6,9-10H,7-8H2,(H,23,25). The molecule has 0 aromatic heterocycles. The highest BCUT2D eigenvalue weighted by Crippen LogP contribution is 2.32. The van der Waals surface area contributed by atoms with Crippen LogP contribution in [0.25, 0.3) is 6.08 Å². The second-order valence-electron chi connectivity index (χ2n) is 5.81. The summed E-state index contributed by atoms with van der Waals surface area (Å²) in [6.45, 7) is 0.103. The quantitative estimate of drug-likeness (QED) is 0.535. The molecule has 2 amide bonds. The predicted molar refractivity (Wildman–Crippen MR) is 111 cm³/mol. The molecule has 0 saturated carbocycles. The van der Waals surface area contributed by atoms with Gasteiger partial charge in [-0.05, 0) is 42.0 Å². The summed E-state index contributed by atoms with van der Waals surface area (Å²) in [4.78, 5) is 26.4. The smallest absolute Gasteiger partial charge is 0.266 e. The molecule has 1 saturated heterocycles. The van der Waals surface area contributed by atoms with Crippen LogP contribution in [0.15, 0.2) is 47.4 Å². The number of amides is 2. The minimum atomic E-state index is -0.579. The average Bonchev–Trinajstić information content (AvgIpc) is 2.91. The van der Waals surface area contributed by atoms with Gasteiger partial charge in [-0.3, -0.25) is 14.5 Å². The Hall–Kier alpha value is -2.29. The van der Waals surface area contributed by atoms with E-state index in [2.05, 4.69) is 5.32 Å². The monoisotopic (exact) mass is 438 g/mol. The number of carbonyl (C=O) groups excluding carboxylic acids is 2. The summed E-state index contributed by atoms with van der Waals surface area (Å²) in [7, 11) is 0. The van der Waals surface area contributed by atoms with E-state index in [4.69, 9.17) is 23.8 Å². The Morgan fingerprint density at radius 3 is 2.61 bits per heavy atom. The van der Waals surface area contributed by atoms with E-state index in [9.17, 15) is 18.4 Å². The van der Waals surface area contributed by atoms with Gasteiger partial charge >= 0.3 is 0 Å². The molecule has 1 aliphatic rings. The maximum Gasteiger partial charge on any atom is 0.266 e. The normalized spacial score (nSPS) is 15.4. The van der Waals surface area contributed by atoms with Gasteiger partial charge in [0.15, 0.2) is 0 Å². The Morgan fingerprint density at radius 1 is 1.21 bits per heavy atom. The lowest BCUT2D eigenvalue weighted by Crippen LogP contribution is -2.31. The highest BCUT2D eigenvalue weighted by atomic mass is 35.5. The van der Waals surface area contributed by atoms with Gasteiger partial charge in [-0.1, -0.05) is 47.7 Å². The average molecular weight is 439 g/mol. The zero-order chi connectivity index (χ0) is 20.3. The van der Waals surface area contributed by atoms with Crippen LogP contribution in [-0.4, -0.2) is 27.6 Å². The first-order valence-corrected chi connectivity index (χ1v) is 9.69. The van der Waals surface area contributed by atoms with Crippen molar-refractivity contribution in [1.29, 1.82) is 0 Å². The van der Waals surface area contributed by atoms with Gasteiger partial charge in [0.2, 0.25) is 5.91 Å². The number of nitrogens with zero attached hydrogens (tertiary/aromatic N) is 1. The summed E-state index contributed by atoms with van der Waals surface area (Å²) in [5, 5.41) is 2.50. The molecule has 0 radical (unpaired) electrons. The lowest BCUT2D eigenvalue weighted by Gasteiger charge is -2.14. The van der Waals surface area contributed by atoms with Crippen molar-refractivity contribution < 1.29 is 18.4 Å². The number of nitrogens with one attached hydrogen (secondary N) is 1. The first kappa shape index (κ1) is 20.4. The zero-order valence-corrected chi connectivity index (χ0v) is 16.6. The minimum Gasteiger partial charge on any atom is -0.326 e. The van der Waals surface area contributed by atoms with Gasteiger partial charge < -0.3 is 5.32 Å². The maximum atomic E-state index is 13.2. The maximum absolute atomic E-state index is 13.2. The van der Waals surface area contributed by atoms with Crippen molar-refractivity contribution in [3.63, 3.8) is 0 Å². The van der Waals surface area contributed by atoms with Gasteiger partial charge in [-0.15, -0.1) is 0 Å². The minimum absolute atomic E-state index is 0.00522. The van der Waals surface area contributed by atoms with E-state index in [1.54, 1.807) is 18.2 Å². The first-order chi connectivity index (χ1) is 13.3. The van der Waals surface area contributed by atoms with Crippen molar-refractivity contribution in [1.82, 2.24) is 4.90 Å². The topological polar surface area (TPSA) is 49.4 Å². The number of rotatable bonds is 5. The molecule has 144 valence electrons. The van der Waals surface area contributed by atoms with Gasteiger partial charge in [0, 0.05) is 18.7 Å². The number of thiocarbonyl (C=S) groups is 1. The summed E-state index contributed by atoms with van der Waals surface area (Å²) in [5.74, 6) is -1.61. The van der Waals surface area contributed by atoms with Crippen LogP contribution in [0.3, 0.4) is 0 Å². The SMILES string of the molecule is O=C(CCN1C(=O)C(=Cc2ccc(F)cc2)SC1=S)Nc1ccc(F)c(Cl)c1. The van der Waals surface area contributed by atoms with E-state index in [1.807, 2.05) is 0 Å². The number of halogens is 3. The van der Waals surface area contributed by atoms with Crippen molar-refractivity contribution in [2.45, 2.75) is 6.42 Å². The van der Waals surface area contributed by atoms with Crippen LogP contribution in [0.1, 0.15) is 12.0 Å². The van der Waals surface area contributed by atoms with Crippen LogP contribution in [-0.2, 0) is 9.59 Å². The summed E-state index contributed by atoms with van der Waals surface area (Å²) in [5.41, 5.74) is 1.03. The van der Waals surface area contributed by atoms with Crippen LogP contribution >= 0.6 is 35.6 Å². The van der Waals surface area contributed by atoms with E-state index in [0.29, 0.717) is 20.5 Å². The molecule has 0 atom stereocenters. The molecule has 0 aliphatic carbocycles. The second kappa shape index (κ2) is 8.81. The zero-order valence-electron chi connectivity index (χ0n) is 14.2. The number of anilines is 1.